The minimum absolute atomic E-state index is 0.0949. The van der Waals surface area contributed by atoms with Gasteiger partial charge in [-0.1, -0.05) is 42.5 Å². The fourth-order valence-electron chi connectivity index (χ4n) is 8.21. The molecule has 4 amide bonds. The number of carboxylic acid groups (broad SMARTS) is 1. The third-order valence-corrected chi connectivity index (χ3v) is 11.1. The van der Waals surface area contributed by atoms with Gasteiger partial charge in [-0.05, 0) is 104 Å². The Labute approximate surface area is 290 Å². The SMILES string of the molecule is CSCC[C@H](NC(=O)[C@H](Cc1ccccc1)NC(=O)CNC(=O)C1(NC(=O)[C@@H](N)Cc2ccc(O)cc2)C2CC3CC(C2)CC1C3)C(=O)O. The van der Waals surface area contributed by atoms with Gasteiger partial charge in [0.25, 0.3) is 0 Å². The normalized spacial score (nSPS) is 25.4. The molecule has 4 bridgehead atoms. The molecule has 0 aliphatic heterocycles. The maximum absolute atomic E-state index is 14.2. The first kappa shape index (κ1) is 36.2. The number of thioether (sulfide) groups is 1. The number of benzene rings is 2. The topological polar surface area (TPSA) is 200 Å². The number of aromatic hydroxyl groups is 1. The number of hydrogen-bond acceptors (Lipinski definition) is 8. The van der Waals surface area contributed by atoms with Gasteiger partial charge >= 0.3 is 5.97 Å². The third kappa shape index (κ3) is 8.74. The van der Waals surface area contributed by atoms with E-state index in [0.717, 1.165) is 43.2 Å². The minimum atomic E-state index is -1.22. The van der Waals surface area contributed by atoms with Crippen molar-refractivity contribution in [2.24, 2.45) is 29.4 Å². The van der Waals surface area contributed by atoms with E-state index in [0.29, 0.717) is 17.6 Å². The Balaban J connectivity index is 1.28. The molecule has 2 aromatic carbocycles. The summed E-state index contributed by atoms with van der Waals surface area (Å²) in [5, 5.41) is 30.4. The molecule has 4 saturated carbocycles. The third-order valence-electron chi connectivity index (χ3n) is 10.4. The molecular formula is C36H47N5O7S. The van der Waals surface area contributed by atoms with E-state index in [4.69, 9.17) is 5.73 Å². The van der Waals surface area contributed by atoms with Crippen LogP contribution >= 0.6 is 11.8 Å². The van der Waals surface area contributed by atoms with Gasteiger partial charge in [0, 0.05) is 6.42 Å². The summed E-state index contributed by atoms with van der Waals surface area (Å²) in [6.07, 6.45) is 6.76. The summed E-state index contributed by atoms with van der Waals surface area (Å²) in [5.74, 6) is -1.85. The van der Waals surface area contributed by atoms with E-state index in [1.807, 2.05) is 24.5 Å². The highest BCUT2D eigenvalue weighted by atomic mass is 32.2. The molecule has 2 aromatic rings. The first-order valence-corrected chi connectivity index (χ1v) is 18.4. The van der Waals surface area contributed by atoms with Gasteiger partial charge in [0.1, 0.15) is 23.4 Å². The Hall–Kier alpha value is -4.10. The molecule has 0 heterocycles. The maximum Gasteiger partial charge on any atom is 0.326 e. The summed E-state index contributed by atoms with van der Waals surface area (Å²) in [4.78, 5) is 66.4. The summed E-state index contributed by atoms with van der Waals surface area (Å²) in [6, 6.07) is 12.4. The molecule has 4 fully saturated rings. The van der Waals surface area contributed by atoms with Crippen molar-refractivity contribution in [1.29, 1.82) is 0 Å². The van der Waals surface area contributed by atoms with E-state index in [1.54, 1.807) is 24.3 Å². The number of phenolic OH excluding ortho intramolecular Hbond substituents is 1. The molecule has 49 heavy (non-hydrogen) atoms. The van der Waals surface area contributed by atoms with Gasteiger partial charge in [-0.2, -0.15) is 11.8 Å². The lowest BCUT2D eigenvalue weighted by molar-refractivity contribution is -0.153. The molecular weight excluding hydrogens is 646 g/mol. The van der Waals surface area contributed by atoms with Gasteiger partial charge in [-0.25, -0.2) is 4.79 Å². The van der Waals surface area contributed by atoms with Crippen molar-refractivity contribution in [3.8, 4) is 5.75 Å². The van der Waals surface area contributed by atoms with Crippen molar-refractivity contribution in [3.05, 3.63) is 65.7 Å². The number of carboxylic acids is 1. The number of carbonyl (C=O) groups excluding carboxylic acids is 4. The minimum Gasteiger partial charge on any atom is -0.508 e. The molecule has 3 atom stereocenters. The Bertz CT molecular complexity index is 1480. The first-order chi connectivity index (χ1) is 23.5. The standard InChI is InChI=1S/C36H47N5O7S/c1-49-12-11-29(34(46)47)40-33(45)30(19-21-5-3-2-4-6-21)39-31(43)20-38-35(48)36(25-14-23-13-24(16-25)17-26(36)15-23)41-32(44)28(37)18-22-7-9-27(42)10-8-22/h2-10,23-26,28-30,42H,11-20,37H2,1H3,(H,38,48)(H,39,43)(H,40,45)(H,41,44)(H,46,47)/t23?,24?,25?,26?,28-,29-,30-,36?/m0/s1. The predicted molar refractivity (Wildman–Crippen MR) is 185 cm³/mol. The molecule has 8 N–H and O–H groups in total. The zero-order valence-electron chi connectivity index (χ0n) is 27.7. The highest BCUT2D eigenvalue weighted by Crippen LogP contribution is 2.58. The smallest absolute Gasteiger partial charge is 0.326 e. The number of nitrogens with two attached hydrogens (primary N) is 1. The fourth-order valence-corrected chi connectivity index (χ4v) is 8.68. The number of phenols is 1. The molecule has 264 valence electrons. The summed E-state index contributed by atoms with van der Waals surface area (Å²) < 4.78 is 0. The lowest BCUT2D eigenvalue weighted by atomic mass is 9.48. The van der Waals surface area contributed by atoms with E-state index in [-0.39, 0.29) is 36.8 Å². The van der Waals surface area contributed by atoms with Crippen LogP contribution in [0.2, 0.25) is 0 Å². The lowest BCUT2D eigenvalue weighted by Crippen LogP contribution is -2.73. The van der Waals surface area contributed by atoms with Gasteiger partial charge in [0.15, 0.2) is 0 Å². The molecule has 0 aromatic heterocycles. The summed E-state index contributed by atoms with van der Waals surface area (Å²) in [7, 11) is 0. The number of carbonyl (C=O) groups is 5. The van der Waals surface area contributed by atoms with Crippen molar-refractivity contribution in [2.75, 3.05) is 18.6 Å². The van der Waals surface area contributed by atoms with Gasteiger partial charge in [-0.15, -0.1) is 0 Å². The second-order valence-electron chi connectivity index (χ2n) is 13.8. The van der Waals surface area contributed by atoms with E-state index >= 15 is 0 Å². The van der Waals surface area contributed by atoms with Crippen molar-refractivity contribution in [3.63, 3.8) is 0 Å². The zero-order valence-corrected chi connectivity index (χ0v) is 28.5. The average molecular weight is 694 g/mol. The van der Waals surface area contributed by atoms with Gasteiger partial charge < -0.3 is 37.2 Å². The van der Waals surface area contributed by atoms with Crippen LogP contribution < -0.4 is 27.0 Å². The van der Waals surface area contributed by atoms with Crippen LogP contribution in [-0.4, -0.2) is 82.0 Å². The number of rotatable bonds is 16. The van der Waals surface area contributed by atoms with Crippen LogP contribution in [0.5, 0.6) is 5.75 Å². The molecule has 12 nitrogen and oxygen atoms in total. The number of aliphatic carboxylic acids is 1. The Kier molecular flexibility index (Phi) is 11.9. The summed E-state index contributed by atoms with van der Waals surface area (Å²) in [6.45, 7) is -0.435. The van der Waals surface area contributed by atoms with E-state index < -0.39 is 59.8 Å². The average Bonchev–Trinajstić information content (AvgIpc) is 3.07. The quantitative estimate of drug-likeness (QED) is 0.137. The number of hydrogen-bond donors (Lipinski definition) is 7. The van der Waals surface area contributed by atoms with Crippen molar-refractivity contribution < 1.29 is 34.2 Å². The molecule has 0 unspecified atom stereocenters. The highest BCUT2D eigenvalue weighted by Gasteiger charge is 2.61. The van der Waals surface area contributed by atoms with Crippen molar-refractivity contribution >= 4 is 41.4 Å². The summed E-state index contributed by atoms with van der Waals surface area (Å²) >= 11 is 1.46. The lowest BCUT2D eigenvalue weighted by Gasteiger charge is -2.60. The zero-order chi connectivity index (χ0) is 35.1. The number of amides is 4. The highest BCUT2D eigenvalue weighted by molar-refractivity contribution is 7.98. The fraction of sp³-hybridized carbons (Fsp3) is 0.528. The van der Waals surface area contributed by atoms with E-state index in [9.17, 15) is 34.2 Å². The van der Waals surface area contributed by atoms with Crippen LogP contribution in [0.25, 0.3) is 0 Å². The monoisotopic (exact) mass is 693 g/mol. The maximum atomic E-state index is 14.2. The molecule has 0 saturated heterocycles. The van der Waals surface area contributed by atoms with Crippen LogP contribution in [0.4, 0.5) is 0 Å². The Morgan fingerprint density at radius 1 is 0.837 bits per heavy atom. The van der Waals surface area contributed by atoms with Gasteiger partial charge in [-0.3, -0.25) is 19.2 Å². The molecule has 4 aliphatic rings. The molecule has 0 spiro atoms. The van der Waals surface area contributed by atoms with Crippen LogP contribution in [-0.2, 0) is 36.8 Å². The van der Waals surface area contributed by atoms with Crippen molar-refractivity contribution in [2.45, 2.75) is 75.0 Å². The van der Waals surface area contributed by atoms with Gasteiger partial charge in [0.2, 0.25) is 23.6 Å². The summed E-state index contributed by atoms with van der Waals surface area (Å²) in [5.41, 5.74) is 6.67. The number of nitrogens with one attached hydrogen (secondary N) is 4. The van der Waals surface area contributed by atoms with Crippen molar-refractivity contribution in [1.82, 2.24) is 21.3 Å². The second-order valence-corrected chi connectivity index (χ2v) is 14.8. The van der Waals surface area contributed by atoms with E-state index in [2.05, 4.69) is 21.3 Å². The van der Waals surface area contributed by atoms with E-state index in [1.165, 1.54) is 23.9 Å². The molecule has 13 heteroatoms. The predicted octanol–water partition coefficient (Wildman–Crippen LogP) is 1.74. The molecule has 0 radical (unpaired) electrons. The van der Waals surface area contributed by atoms with Gasteiger partial charge in [0.05, 0.1) is 12.6 Å². The largest absolute Gasteiger partial charge is 0.508 e. The first-order valence-electron chi connectivity index (χ1n) is 17.0. The van der Waals surface area contributed by atoms with Crippen LogP contribution in [0.1, 0.15) is 49.7 Å². The van der Waals surface area contributed by atoms with Crippen LogP contribution in [0.15, 0.2) is 54.6 Å². The Morgan fingerprint density at radius 2 is 1.45 bits per heavy atom. The molecule has 6 rings (SSSR count). The Morgan fingerprint density at radius 3 is 2.04 bits per heavy atom. The molecule has 4 aliphatic carbocycles. The van der Waals surface area contributed by atoms with Crippen LogP contribution in [0.3, 0.4) is 0 Å². The van der Waals surface area contributed by atoms with Crippen LogP contribution in [0, 0.1) is 23.7 Å². The second kappa shape index (κ2) is 16.1.